The zero-order valence-corrected chi connectivity index (χ0v) is 17.9. The molecule has 25 heavy (non-hydrogen) atoms. The number of hydrogen-bond donors (Lipinski definition) is 0. The van der Waals surface area contributed by atoms with Crippen molar-refractivity contribution < 1.29 is 28.8 Å². The van der Waals surface area contributed by atoms with Gasteiger partial charge in [-0.15, -0.1) is 0 Å². The predicted molar refractivity (Wildman–Crippen MR) is 109 cm³/mol. The van der Waals surface area contributed by atoms with Crippen molar-refractivity contribution in [2.45, 2.75) is 0 Å². The van der Waals surface area contributed by atoms with E-state index >= 15 is 0 Å². The van der Waals surface area contributed by atoms with E-state index in [1.165, 1.54) is 27.7 Å². The molecular weight excluding hydrogens is 458 g/mol. The minimum absolute atomic E-state index is 0. The van der Waals surface area contributed by atoms with Crippen LogP contribution >= 0.6 is 19.0 Å². The molecule has 0 spiro atoms. The molecule has 0 aliphatic heterocycles. The average molecular weight is 478 g/mol. The van der Waals surface area contributed by atoms with Crippen molar-refractivity contribution in [1.29, 1.82) is 0 Å². The summed E-state index contributed by atoms with van der Waals surface area (Å²) in [6.07, 6.45) is 2.42. The number of benzene rings is 3. The Bertz CT molecular complexity index is 697. The normalized spacial score (nSPS) is 10.8. The molecule has 0 saturated carbocycles. The van der Waals surface area contributed by atoms with Gasteiger partial charge < -0.3 is 24.0 Å². The van der Waals surface area contributed by atoms with Crippen molar-refractivity contribution >= 4 is 40.1 Å². The highest BCUT2D eigenvalue weighted by Crippen LogP contribution is 2.55. The van der Waals surface area contributed by atoms with E-state index in [4.69, 9.17) is 0 Å². The Balaban J connectivity index is 0.00000225. The number of halogens is 1. The van der Waals surface area contributed by atoms with E-state index < -0.39 is 7.26 Å². The molecular formula is C21H20IOPS. The highest BCUT2D eigenvalue weighted by molar-refractivity contribution is 8.14. The summed E-state index contributed by atoms with van der Waals surface area (Å²) < 4.78 is 0. The third-order valence-electron chi connectivity index (χ3n) is 4.18. The van der Waals surface area contributed by atoms with Crippen LogP contribution in [-0.4, -0.2) is 17.5 Å². The van der Waals surface area contributed by atoms with Crippen LogP contribution in [0.25, 0.3) is 0 Å². The number of thioether (sulfide) groups is 1. The average Bonchev–Trinajstić information content (AvgIpc) is 2.68. The number of carbonyl (C=O) groups excluding carboxylic acids is 1. The van der Waals surface area contributed by atoms with Crippen molar-refractivity contribution in [3.8, 4) is 0 Å². The summed E-state index contributed by atoms with van der Waals surface area (Å²) in [5.41, 5.74) is 0. The molecule has 1 nitrogen and oxygen atoms in total. The maximum absolute atomic E-state index is 12.5. The van der Waals surface area contributed by atoms with E-state index in [9.17, 15) is 4.79 Å². The molecule has 0 bridgehead atoms. The zero-order valence-electron chi connectivity index (χ0n) is 14.0. The molecule has 0 aliphatic rings. The molecule has 3 rings (SSSR count). The lowest BCUT2D eigenvalue weighted by molar-refractivity contribution is -0.108. The fraction of sp³-hybridized carbons (Fsp3) is 0.0952. The van der Waals surface area contributed by atoms with Crippen LogP contribution in [0.3, 0.4) is 0 Å². The van der Waals surface area contributed by atoms with Crippen LogP contribution < -0.4 is 39.9 Å². The topological polar surface area (TPSA) is 17.1 Å². The smallest absolute Gasteiger partial charge is 0.226 e. The minimum Gasteiger partial charge on any atom is -1.00 e. The molecule has 0 saturated heterocycles. The molecule has 128 valence electrons. The molecule has 0 radical (unpaired) electrons. The minimum atomic E-state index is -2.00. The summed E-state index contributed by atoms with van der Waals surface area (Å²) in [4.78, 5) is 12.5. The van der Waals surface area contributed by atoms with Gasteiger partial charge in [-0.1, -0.05) is 66.4 Å². The molecule has 0 fully saturated rings. The SMILES string of the molecule is CSC(=O)C[P+](c1ccccc1)(c1ccccc1)c1ccccc1.[I-]. The van der Waals surface area contributed by atoms with Gasteiger partial charge in [-0.3, -0.25) is 4.79 Å². The largest absolute Gasteiger partial charge is 1.00 e. The Morgan fingerprint density at radius 2 is 1.04 bits per heavy atom. The molecule has 0 unspecified atom stereocenters. The maximum atomic E-state index is 12.5. The molecule has 0 aliphatic carbocycles. The first-order chi connectivity index (χ1) is 11.8. The van der Waals surface area contributed by atoms with Gasteiger partial charge >= 0.3 is 0 Å². The summed E-state index contributed by atoms with van der Waals surface area (Å²) in [7, 11) is -2.00. The van der Waals surface area contributed by atoms with Crippen molar-refractivity contribution in [1.82, 2.24) is 0 Å². The quantitative estimate of drug-likeness (QED) is 0.400. The van der Waals surface area contributed by atoms with Gasteiger partial charge in [0.2, 0.25) is 5.12 Å². The second-order valence-electron chi connectivity index (χ2n) is 5.55. The number of carbonyl (C=O) groups is 1. The molecule has 3 aromatic carbocycles. The molecule has 0 heterocycles. The Kier molecular flexibility index (Phi) is 7.67. The first kappa shape index (κ1) is 20.2. The van der Waals surface area contributed by atoms with E-state index in [0.717, 1.165) is 0 Å². The molecule has 4 heteroatoms. The fourth-order valence-corrected chi connectivity index (χ4v) is 8.00. The lowest BCUT2D eigenvalue weighted by Crippen LogP contribution is -3.00. The van der Waals surface area contributed by atoms with Gasteiger partial charge in [0, 0.05) is 0 Å². The van der Waals surface area contributed by atoms with Gasteiger partial charge in [-0.05, 0) is 42.7 Å². The third-order valence-corrected chi connectivity index (χ3v) is 9.30. The highest BCUT2D eigenvalue weighted by Gasteiger charge is 2.46. The van der Waals surface area contributed by atoms with Gasteiger partial charge in [0.25, 0.3) is 0 Å². The lowest BCUT2D eigenvalue weighted by Gasteiger charge is -2.26. The second kappa shape index (κ2) is 9.51. The molecule has 0 N–H and O–H groups in total. The molecule has 3 aromatic rings. The Morgan fingerprint density at radius 3 is 1.32 bits per heavy atom. The molecule has 0 amide bonds. The fourth-order valence-electron chi connectivity index (χ4n) is 3.03. The van der Waals surface area contributed by atoms with Gasteiger partial charge in [0.05, 0.1) is 0 Å². The van der Waals surface area contributed by atoms with E-state index in [0.29, 0.717) is 6.16 Å². The number of hydrogen-bond acceptors (Lipinski definition) is 2. The predicted octanol–water partition coefficient (Wildman–Crippen LogP) is 0.874. The first-order valence-corrected chi connectivity index (χ1v) is 11.1. The van der Waals surface area contributed by atoms with Crippen molar-refractivity contribution in [2.75, 3.05) is 12.4 Å². The first-order valence-electron chi connectivity index (χ1n) is 7.89. The maximum Gasteiger partial charge on any atom is 0.226 e. The van der Waals surface area contributed by atoms with Crippen LogP contribution in [0, 0.1) is 0 Å². The van der Waals surface area contributed by atoms with E-state index in [2.05, 4.69) is 72.8 Å². The number of rotatable bonds is 5. The van der Waals surface area contributed by atoms with E-state index in [1.807, 2.05) is 24.5 Å². The Hall–Kier alpha value is -1.16. The monoisotopic (exact) mass is 478 g/mol. The van der Waals surface area contributed by atoms with Crippen LogP contribution in [0.15, 0.2) is 91.0 Å². The standard InChI is InChI=1S/C21H20OPS.HI/c1-24-21(22)17-23(18-11-5-2-6-12-18,19-13-7-3-8-14-19)20-15-9-4-10-16-20;/h2-16H,17H2,1H3;1H/q+1;/p-1. The van der Waals surface area contributed by atoms with Crippen LogP contribution in [0.5, 0.6) is 0 Å². The summed E-state index contributed by atoms with van der Waals surface area (Å²) in [6.45, 7) is 0. The third kappa shape index (κ3) is 4.33. The van der Waals surface area contributed by atoms with Crippen molar-refractivity contribution in [2.24, 2.45) is 0 Å². The van der Waals surface area contributed by atoms with E-state index in [-0.39, 0.29) is 29.1 Å². The van der Waals surface area contributed by atoms with Gasteiger partial charge in [-0.25, -0.2) is 0 Å². The summed E-state index contributed by atoms with van der Waals surface area (Å²) in [6, 6.07) is 31.5. The van der Waals surface area contributed by atoms with Crippen molar-refractivity contribution in [3.05, 3.63) is 91.0 Å². The second-order valence-corrected chi connectivity index (χ2v) is 9.90. The van der Waals surface area contributed by atoms with Crippen LogP contribution in [0.2, 0.25) is 0 Å². The Labute approximate surface area is 171 Å². The van der Waals surface area contributed by atoms with Crippen LogP contribution in [0.1, 0.15) is 0 Å². The summed E-state index contributed by atoms with van der Waals surface area (Å²) in [5, 5.41) is 4.00. The lowest BCUT2D eigenvalue weighted by atomic mass is 10.4. The van der Waals surface area contributed by atoms with E-state index in [1.54, 1.807) is 0 Å². The van der Waals surface area contributed by atoms with Crippen LogP contribution in [0.4, 0.5) is 0 Å². The molecule has 0 atom stereocenters. The zero-order chi connectivity index (χ0) is 16.8. The highest BCUT2D eigenvalue weighted by atomic mass is 127. The Morgan fingerprint density at radius 1 is 0.720 bits per heavy atom. The summed E-state index contributed by atoms with van der Waals surface area (Å²) >= 11 is 1.32. The van der Waals surface area contributed by atoms with Gasteiger partial charge in [0.1, 0.15) is 29.3 Å². The van der Waals surface area contributed by atoms with Gasteiger partial charge in [-0.2, -0.15) is 0 Å². The van der Waals surface area contributed by atoms with Crippen LogP contribution in [-0.2, 0) is 4.79 Å². The van der Waals surface area contributed by atoms with Gasteiger partial charge in [0.15, 0.2) is 0 Å². The van der Waals surface area contributed by atoms with Crippen molar-refractivity contribution in [3.63, 3.8) is 0 Å². The summed E-state index contributed by atoms with van der Waals surface area (Å²) in [5.74, 6) is 0. The molecule has 0 aromatic heterocycles.